The number of rotatable bonds is 8. The van der Waals surface area contributed by atoms with Gasteiger partial charge >= 0.3 is 0 Å². The predicted molar refractivity (Wildman–Crippen MR) is 248 cm³/mol. The molecule has 2 heterocycles. The number of aromatic hydroxyl groups is 1. The molecule has 8 rings (SSSR count). The Morgan fingerprint density at radius 3 is 2.15 bits per heavy atom. The first-order chi connectivity index (χ1) is 29.7. The monoisotopic (exact) mass is 971 g/mol. The largest absolute Gasteiger partial charge is 0.507 e. The van der Waals surface area contributed by atoms with Gasteiger partial charge in [-0.15, -0.1) is 29.3 Å². The molecule has 60 heavy (non-hydrogen) atoms. The van der Waals surface area contributed by atoms with Crippen molar-refractivity contribution in [3.63, 3.8) is 0 Å². The van der Waals surface area contributed by atoms with E-state index in [4.69, 9.17) is 15.5 Å². The molecule has 0 atom stereocenters. The second-order valence-electron chi connectivity index (χ2n) is 17.4. The molecule has 0 amide bonds. The van der Waals surface area contributed by atoms with Crippen LogP contribution in [0.15, 0.2) is 128 Å². The van der Waals surface area contributed by atoms with Crippen molar-refractivity contribution in [2.45, 2.75) is 86.4 Å². The van der Waals surface area contributed by atoms with Crippen LogP contribution in [0, 0.1) is 26.8 Å². The molecule has 0 radical (unpaired) electrons. The molecular weight excluding hydrogens is 914 g/mol. The number of fused-ring (bicyclic) bond motifs is 1. The molecule has 2 aromatic heterocycles. The van der Waals surface area contributed by atoms with E-state index in [-0.39, 0.29) is 43.7 Å². The second-order valence-corrected chi connectivity index (χ2v) is 17.4. The summed E-state index contributed by atoms with van der Waals surface area (Å²) in [5.41, 5.74) is 13.9. The zero-order valence-electron chi connectivity index (χ0n) is 39.8. The third kappa shape index (κ3) is 8.28. The van der Waals surface area contributed by atoms with Crippen molar-refractivity contribution in [3.05, 3.63) is 167 Å². The molecule has 0 saturated carbocycles. The minimum absolute atomic E-state index is 0. The van der Waals surface area contributed by atoms with E-state index in [1.165, 1.54) is 0 Å². The molecule has 5 heteroatoms. The predicted octanol–water partition coefficient (Wildman–Crippen LogP) is 14.7. The molecule has 8 aromatic rings. The number of nitrogens with zero attached hydrogens (tertiary/aromatic N) is 3. The summed E-state index contributed by atoms with van der Waals surface area (Å²) < 4.78 is 37.6. The van der Waals surface area contributed by atoms with E-state index >= 15 is 0 Å². The van der Waals surface area contributed by atoms with Gasteiger partial charge in [0.15, 0.2) is 0 Å². The van der Waals surface area contributed by atoms with Gasteiger partial charge < -0.3 is 5.11 Å². The van der Waals surface area contributed by atoms with E-state index in [0.717, 1.165) is 66.9 Å². The molecule has 0 aliphatic heterocycles. The van der Waals surface area contributed by atoms with E-state index in [0.29, 0.717) is 33.7 Å². The minimum atomic E-state index is -2.53. The van der Waals surface area contributed by atoms with Crippen LogP contribution in [-0.2, 0) is 26.5 Å². The van der Waals surface area contributed by atoms with Gasteiger partial charge in [0.25, 0.3) is 0 Å². The summed E-state index contributed by atoms with van der Waals surface area (Å²) in [5.74, 6) is -0.143. The van der Waals surface area contributed by atoms with Crippen LogP contribution >= 0.6 is 0 Å². The maximum Gasteiger partial charge on any atom is 0.148 e. The van der Waals surface area contributed by atoms with Crippen molar-refractivity contribution in [2.24, 2.45) is 0 Å². The summed E-state index contributed by atoms with van der Waals surface area (Å²) in [6, 6.07) is 43.9. The summed E-state index contributed by atoms with van der Waals surface area (Å²) >= 11 is 0. The molecule has 4 nitrogen and oxygen atoms in total. The number of phenols is 1. The first-order valence-corrected chi connectivity index (χ1v) is 20.4. The Labute approximate surface area is 376 Å². The number of aryl methyl sites for hydroxylation is 3. The van der Waals surface area contributed by atoms with Crippen molar-refractivity contribution in [3.8, 4) is 67.5 Å². The Hall–Kier alpha value is -5.57. The van der Waals surface area contributed by atoms with Crippen LogP contribution in [0.2, 0.25) is 0 Å². The first-order valence-electron chi connectivity index (χ1n) is 22.4. The van der Waals surface area contributed by atoms with Gasteiger partial charge in [0.05, 0.1) is 22.3 Å². The summed E-state index contributed by atoms with van der Waals surface area (Å²) in [5, 5.41) is 11.7. The van der Waals surface area contributed by atoms with E-state index in [2.05, 4.69) is 83.1 Å². The molecule has 306 valence electrons. The molecule has 6 aromatic carbocycles. The summed E-state index contributed by atoms with van der Waals surface area (Å²) in [4.78, 5) is 10.2. The van der Waals surface area contributed by atoms with Gasteiger partial charge in [0.2, 0.25) is 0 Å². The fourth-order valence-corrected chi connectivity index (χ4v) is 7.90. The maximum atomic E-state index is 11.7. The smallest absolute Gasteiger partial charge is 0.148 e. The molecule has 0 spiro atoms. The van der Waals surface area contributed by atoms with Crippen molar-refractivity contribution in [1.82, 2.24) is 14.5 Å². The van der Waals surface area contributed by atoms with Crippen molar-refractivity contribution >= 4 is 11.0 Å². The van der Waals surface area contributed by atoms with Crippen LogP contribution in [-0.4, -0.2) is 19.6 Å². The third-order valence-corrected chi connectivity index (χ3v) is 11.3. The maximum absolute atomic E-state index is 11.7. The third-order valence-electron chi connectivity index (χ3n) is 11.3. The molecular formula is C55H54N3OPt-. The van der Waals surface area contributed by atoms with Crippen LogP contribution in [0.4, 0.5) is 0 Å². The van der Waals surface area contributed by atoms with Gasteiger partial charge in [-0.2, -0.15) is 0 Å². The fourth-order valence-electron chi connectivity index (χ4n) is 7.90. The van der Waals surface area contributed by atoms with Crippen LogP contribution in [0.5, 0.6) is 5.75 Å². The fraction of sp³-hybridized carbons (Fsp3) is 0.236. The summed E-state index contributed by atoms with van der Waals surface area (Å²) in [6.07, 6.45) is 1.84. The van der Waals surface area contributed by atoms with E-state index in [1.807, 2.05) is 111 Å². The van der Waals surface area contributed by atoms with Gasteiger partial charge in [-0.3, -0.25) is 9.55 Å². The Morgan fingerprint density at radius 2 is 1.43 bits per heavy atom. The SMILES string of the molecule is [2H]C([2H])([2H])c1cc(-c2cc(C(C)C)cc(C([2H])(C)C)c2)ccc1-n1c(-c2cc(C)cc(C)c2O)nc2c(-c3[c-]c(-c4cc(-c5ccccc5)ccn4)cc(C(C)(C)C)c3)cccc21.[Pt]. The van der Waals surface area contributed by atoms with Crippen LogP contribution in [0.1, 0.15) is 99.1 Å². The quantitative estimate of drug-likeness (QED) is 0.154. The number of hydrogen-bond donors (Lipinski definition) is 1. The Bertz CT molecular complexity index is 3030. The Kier molecular flexibility index (Phi) is 10.5. The topological polar surface area (TPSA) is 50.9 Å². The van der Waals surface area contributed by atoms with Gasteiger partial charge in [-0.1, -0.05) is 138 Å². The first kappa shape index (κ1) is 37.4. The van der Waals surface area contributed by atoms with Crippen molar-refractivity contribution in [2.75, 3.05) is 0 Å². The van der Waals surface area contributed by atoms with E-state index < -0.39 is 12.7 Å². The standard InChI is InChI=1S/C55H54N3O.Pt/c1-33(2)41-26-42(34(3)4)28-43(27-41)39-19-20-50(36(6)25-39)58-51-18-14-17-47(52(51)57-54(58)48-24-35(5)23-37(7)53(48)59)44-29-45(31-46(30-44)55(8,9)10)49-32-40(21-22-56-49)38-15-12-11-13-16-38;/h11-28,30-34,59H,1-10H3;/q-1;/i6D3,33D;. The minimum Gasteiger partial charge on any atom is -0.507 e. The Morgan fingerprint density at radius 1 is 0.700 bits per heavy atom. The Balaban J connectivity index is 0.00000612. The van der Waals surface area contributed by atoms with Crippen LogP contribution in [0.3, 0.4) is 0 Å². The zero-order chi connectivity index (χ0) is 45.2. The van der Waals surface area contributed by atoms with Gasteiger partial charge in [0, 0.05) is 38.4 Å². The number of phenolic OH excluding ortho intramolecular Hbond substituents is 1. The second kappa shape index (κ2) is 16.8. The molecule has 0 unspecified atom stereocenters. The summed E-state index contributed by atoms with van der Waals surface area (Å²) in [6.45, 7) is 15.9. The number of para-hydroxylation sites is 1. The van der Waals surface area contributed by atoms with Gasteiger partial charge in [0.1, 0.15) is 11.6 Å². The van der Waals surface area contributed by atoms with Gasteiger partial charge in [-0.05, 0) is 118 Å². The molecule has 1 N–H and O–H groups in total. The average molecular weight is 972 g/mol. The molecule has 0 aliphatic rings. The number of hydrogen-bond acceptors (Lipinski definition) is 3. The zero-order valence-corrected chi connectivity index (χ0v) is 38.1. The molecule has 0 fully saturated rings. The van der Waals surface area contributed by atoms with E-state index in [1.54, 1.807) is 6.07 Å². The number of aromatic nitrogens is 3. The number of imidazole rings is 1. The van der Waals surface area contributed by atoms with E-state index in [9.17, 15) is 5.11 Å². The number of benzene rings is 6. The average Bonchev–Trinajstić information content (AvgIpc) is 3.63. The van der Waals surface area contributed by atoms with Crippen molar-refractivity contribution < 1.29 is 31.7 Å². The molecule has 0 saturated heterocycles. The number of pyridine rings is 1. The molecule has 0 bridgehead atoms. The normalized spacial score (nSPS) is 13.1. The van der Waals surface area contributed by atoms with Crippen molar-refractivity contribution in [1.29, 1.82) is 0 Å². The molecule has 0 aliphatic carbocycles. The summed E-state index contributed by atoms with van der Waals surface area (Å²) in [7, 11) is 0. The van der Waals surface area contributed by atoms with Gasteiger partial charge in [-0.25, -0.2) is 4.98 Å². The van der Waals surface area contributed by atoms with Crippen LogP contribution in [0.25, 0.3) is 72.7 Å². The van der Waals surface area contributed by atoms with Crippen LogP contribution < -0.4 is 0 Å².